The number of aliphatic carboxylic acids is 1. The summed E-state index contributed by atoms with van der Waals surface area (Å²) in [7, 11) is 1.70. The molecule has 3 rings (SSSR count). The Kier molecular flexibility index (Phi) is 9.14. The number of carboxylic acids is 1. The third-order valence-electron chi connectivity index (χ3n) is 4.63. The van der Waals surface area contributed by atoms with Crippen LogP contribution in [-0.4, -0.2) is 55.1 Å². The summed E-state index contributed by atoms with van der Waals surface area (Å²) in [6.07, 6.45) is -2.58. The van der Waals surface area contributed by atoms with Crippen molar-refractivity contribution in [3.8, 4) is 5.75 Å². The average Bonchev–Trinajstić information content (AvgIpc) is 2.74. The minimum Gasteiger partial charge on any atom is -0.497 e. The standard InChI is InChI=1S/C20H25NO2.C2HF3O2/c1-22-19-10-8-18(9-11-19)15-21-13-14-23-20(16-21)12-7-17-5-3-2-4-6-17;3-2(4,5)1(6)7/h2-6,8-11,20H,7,12-16H2,1H3;(H,6,7). The molecule has 0 bridgehead atoms. The molecule has 2 aromatic rings. The number of halogens is 3. The molecule has 1 atom stereocenters. The maximum absolute atomic E-state index is 10.6. The quantitative estimate of drug-likeness (QED) is 0.753. The molecule has 1 N–H and O–H groups in total. The number of alkyl halides is 3. The second kappa shape index (κ2) is 11.6. The zero-order chi connectivity index (χ0) is 22.0. The zero-order valence-electron chi connectivity index (χ0n) is 16.8. The van der Waals surface area contributed by atoms with Crippen LogP contribution in [0.5, 0.6) is 5.75 Å². The van der Waals surface area contributed by atoms with Gasteiger partial charge in [-0.2, -0.15) is 13.2 Å². The highest BCUT2D eigenvalue weighted by atomic mass is 19.4. The molecule has 0 amide bonds. The summed E-state index contributed by atoms with van der Waals surface area (Å²) in [6, 6.07) is 19.0. The van der Waals surface area contributed by atoms with E-state index in [2.05, 4.69) is 47.4 Å². The fraction of sp³-hybridized carbons (Fsp3) is 0.409. The smallest absolute Gasteiger partial charge is 0.490 e. The number of morpholine rings is 1. The molecule has 0 spiro atoms. The van der Waals surface area contributed by atoms with Crippen LogP contribution in [0, 0.1) is 0 Å². The van der Waals surface area contributed by atoms with Crippen LogP contribution < -0.4 is 4.74 Å². The van der Waals surface area contributed by atoms with Crippen molar-refractivity contribution in [3.63, 3.8) is 0 Å². The van der Waals surface area contributed by atoms with Gasteiger partial charge in [-0.25, -0.2) is 4.79 Å². The van der Waals surface area contributed by atoms with Gasteiger partial charge in [0, 0.05) is 19.6 Å². The summed E-state index contributed by atoms with van der Waals surface area (Å²) in [5.74, 6) is -1.84. The average molecular weight is 425 g/mol. The Labute approximate surface area is 174 Å². The van der Waals surface area contributed by atoms with Crippen LogP contribution in [0.3, 0.4) is 0 Å². The summed E-state index contributed by atoms with van der Waals surface area (Å²) in [6.45, 7) is 3.83. The molecule has 5 nitrogen and oxygen atoms in total. The molecule has 1 heterocycles. The Bertz CT molecular complexity index is 766. The molecule has 0 aliphatic carbocycles. The van der Waals surface area contributed by atoms with Crippen LogP contribution in [-0.2, 0) is 22.5 Å². The van der Waals surface area contributed by atoms with Gasteiger partial charge in [0.25, 0.3) is 0 Å². The van der Waals surface area contributed by atoms with Gasteiger partial charge in [-0.15, -0.1) is 0 Å². The van der Waals surface area contributed by atoms with Crippen LogP contribution in [0.4, 0.5) is 13.2 Å². The third kappa shape index (κ3) is 8.42. The van der Waals surface area contributed by atoms with Crippen molar-refractivity contribution in [2.24, 2.45) is 0 Å². The lowest BCUT2D eigenvalue weighted by molar-refractivity contribution is -0.192. The van der Waals surface area contributed by atoms with E-state index >= 15 is 0 Å². The Morgan fingerprint density at radius 2 is 1.77 bits per heavy atom. The molecule has 8 heteroatoms. The molecule has 30 heavy (non-hydrogen) atoms. The molecular weight excluding hydrogens is 399 g/mol. The van der Waals surface area contributed by atoms with Crippen molar-refractivity contribution in [1.82, 2.24) is 4.90 Å². The number of carbonyl (C=O) groups is 1. The number of benzene rings is 2. The minimum absolute atomic E-state index is 0.335. The van der Waals surface area contributed by atoms with Crippen LogP contribution in [0.15, 0.2) is 54.6 Å². The lowest BCUT2D eigenvalue weighted by atomic mass is 10.1. The van der Waals surface area contributed by atoms with E-state index in [0.29, 0.717) is 6.10 Å². The van der Waals surface area contributed by atoms with Gasteiger partial charge in [0.2, 0.25) is 0 Å². The largest absolute Gasteiger partial charge is 0.497 e. The second-order valence-electron chi connectivity index (χ2n) is 6.90. The Hall–Kier alpha value is -2.58. The van der Waals surface area contributed by atoms with E-state index in [9.17, 15) is 13.2 Å². The fourth-order valence-corrected chi connectivity index (χ4v) is 3.06. The number of nitrogens with zero attached hydrogens (tertiary/aromatic N) is 1. The van der Waals surface area contributed by atoms with Crippen LogP contribution in [0.1, 0.15) is 17.5 Å². The number of aryl methyl sites for hydroxylation is 1. The molecule has 2 aromatic carbocycles. The first-order valence-corrected chi connectivity index (χ1v) is 9.59. The number of hydrogen-bond acceptors (Lipinski definition) is 4. The number of carboxylic acid groups (broad SMARTS) is 1. The van der Waals surface area contributed by atoms with Crippen molar-refractivity contribution in [2.45, 2.75) is 31.7 Å². The zero-order valence-corrected chi connectivity index (χ0v) is 16.8. The molecule has 1 aliphatic rings. The van der Waals surface area contributed by atoms with Gasteiger partial charge < -0.3 is 14.6 Å². The second-order valence-corrected chi connectivity index (χ2v) is 6.90. The predicted octanol–water partition coefficient (Wildman–Crippen LogP) is 4.16. The van der Waals surface area contributed by atoms with E-state index in [0.717, 1.165) is 44.8 Å². The van der Waals surface area contributed by atoms with Crippen LogP contribution in [0.25, 0.3) is 0 Å². The number of methoxy groups -OCH3 is 1. The van der Waals surface area contributed by atoms with Gasteiger partial charge in [-0.1, -0.05) is 42.5 Å². The highest BCUT2D eigenvalue weighted by molar-refractivity contribution is 5.73. The maximum Gasteiger partial charge on any atom is 0.490 e. The number of hydrogen-bond donors (Lipinski definition) is 1. The molecule has 0 aromatic heterocycles. The SMILES string of the molecule is COc1ccc(CN2CCOC(CCc3ccccc3)C2)cc1.O=C(O)C(F)(F)F. The Morgan fingerprint density at radius 3 is 2.33 bits per heavy atom. The van der Waals surface area contributed by atoms with Crippen LogP contribution in [0.2, 0.25) is 0 Å². The van der Waals surface area contributed by atoms with Gasteiger partial charge in [0.05, 0.1) is 19.8 Å². The summed E-state index contributed by atoms with van der Waals surface area (Å²) in [5, 5.41) is 7.12. The first-order valence-electron chi connectivity index (χ1n) is 9.59. The van der Waals surface area contributed by atoms with Gasteiger partial charge in [-0.3, -0.25) is 4.90 Å². The van der Waals surface area contributed by atoms with Gasteiger partial charge >= 0.3 is 12.1 Å². The fourth-order valence-electron chi connectivity index (χ4n) is 3.06. The van der Waals surface area contributed by atoms with Crippen molar-refractivity contribution in [1.29, 1.82) is 0 Å². The van der Waals surface area contributed by atoms with Gasteiger partial charge in [0.15, 0.2) is 0 Å². The molecule has 1 unspecified atom stereocenters. The molecular formula is C22H26F3NO4. The Balaban J connectivity index is 0.000000396. The molecule has 164 valence electrons. The molecule has 0 radical (unpaired) electrons. The van der Waals surface area contributed by atoms with E-state index in [1.807, 2.05) is 12.1 Å². The lowest BCUT2D eigenvalue weighted by Gasteiger charge is -2.33. The van der Waals surface area contributed by atoms with Crippen molar-refractivity contribution in [3.05, 3.63) is 65.7 Å². The summed E-state index contributed by atoms with van der Waals surface area (Å²) in [4.78, 5) is 11.4. The van der Waals surface area contributed by atoms with Gasteiger partial charge in [0.1, 0.15) is 5.75 Å². The first-order chi connectivity index (χ1) is 14.3. The van der Waals surface area contributed by atoms with E-state index in [1.165, 1.54) is 11.1 Å². The lowest BCUT2D eigenvalue weighted by Crippen LogP contribution is -2.42. The highest BCUT2D eigenvalue weighted by Crippen LogP contribution is 2.17. The van der Waals surface area contributed by atoms with Crippen molar-refractivity contribution >= 4 is 5.97 Å². The molecule has 0 saturated carbocycles. The third-order valence-corrected chi connectivity index (χ3v) is 4.63. The minimum atomic E-state index is -5.08. The van der Waals surface area contributed by atoms with E-state index < -0.39 is 12.1 Å². The summed E-state index contributed by atoms with van der Waals surface area (Å²) < 4.78 is 42.9. The number of rotatable bonds is 6. The molecule has 1 saturated heterocycles. The molecule has 1 fully saturated rings. The topological polar surface area (TPSA) is 59.0 Å². The van der Waals surface area contributed by atoms with E-state index in [-0.39, 0.29) is 0 Å². The monoisotopic (exact) mass is 425 g/mol. The maximum atomic E-state index is 10.6. The molecule has 1 aliphatic heterocycles. The highest BCUT2D eigenvalue weighted by Gasteiger charge is 2.38. The summed E-state index contributed by atoms with van der Waals surface area (Å²) in [5.41, 5.74) is 2.72. The van der Waals surface area contributed by atoms with E-state index in [4.69, 9.17) is 19.4 Å². The van der Waals surface area contributed by atoms with Gasteiger partial charge in [-0.05, 0) is 36.1 Å². The Morgan fingerprint density at radius 1 is 1.13 bits per heavy atom. The normalized spacial score (nSPS) is 17.0. The van der Waals surface area contributed by atoms with Crippen molar-refractivity contribution < 1.29 is 32.5 Å². The summed E-state index contributed by atoms with van der Waals surface area (Å²) >= 11 is 0. The van der Waals surface area contributed by atoms with Crippen molar-refractivity contribution in [2.75, 3.05) is 26.8 Å². The van der Waals surface area contributed by atoms with E-state index in [1.54, 1.807) is 7.11 Å². The van der Waals surface area contributed by atoms with Crippen LogP contribution >= 0.6 is 0 Å². The predicted molar refractivity (Wildman–Crippen MR) is 106 cm³/mol. The first kappa shape index (κ1) is 23.7. The number of ether oxygens (including phenoxy) is 2.